The maximum atomic E-state index is 12.9. The number of halogens is 3. The van der Waals surface area contributed by atoms with Gasteiger partial charge in [-0.15, -0.1) is 0 Å². The molecule has 1 aliphatic rings. The van der Waals surface area contributed by atoms with Gasteiger partial charge in [0.25, 0.3) is 0 Å². The zero-order chi connectivity index (χ0) is 24.3. The predicted octanol–water partition coefficient (Wildman–Crippen LogP) is 4.41. The Morgan fingerprint density at radius 3 is 2.39 bits per heavy atom. The summed E-state index contributed by atoms with van der Waals surface area (Å²) in [6.45, 7) is 0.849. The molecule has 2 aromatic carbocycles. The minimum atomic E-state index is -4.42. The van der Waals surface area contributed by atoms with Crippen molar-refractivity contribution in [1.29, 1.82) is 0 Å². The van der Waals surface area contributed by atoms with E-state index >= 15 is 0 Å². The summed E-state index contributed by atoms with van der Waals surface area (Å²) < 4.78 is 51.7. The van der Waals surface area contributed by atoms with Gasteiger partial charge in [0.1, 0.15) is 0 Å². The lowest BCUT2D eigenvalue weighted by atomic mass is 9.96. The molecular weight excluding hydrogens is 456 g/mol. The van der Waals surface area contributed by atoms with E-state index in [4.69, 9.17) is 5.73 Å². The van der Waals surface area contributed by atoms with Crippen molar-refractivity contribution >= 4 is 13.3 Å². The number of hydrogen-bond donors (Lipinski definition) is 3. The molecule has 0 radical (unpaired) electrons. The van der Waals surface area contributed by atoms with Crippen molar-refractivity contribution in [3.8, 4) is 11.1 Å². The van der Waals surface area contributed by atoms with Gasteiger partial charge >= 0.3 is 12.1 Å². The third kappa shape index (κ3) is 5.49. The van der Waals surface area contributed by atoms with E-state index in [9.17, 15) is 32.5 Å². The van der Waals surface area contributed by atoms with E-state index in [1.54, 1.807) is 18.2 Å². The van der Waals surface area contributed by atoms with Crippen molar-refractivity contribution in [1.82, 2.24) is 4.90 Å². The Bertz CT molecular complexity index is 1030. The molecule has 180 valence electrons. The lowest BCUT2D eigenvalue weighted by molar-refractivity contribution is -0.141. The van der Waals surface area contributed by atoms with Crippen LogP contribution < -0.4 is 5.73 Å². The normalized spacial score (nSPS) is 24.0. The van der Waals surface area contributed by atoms with Crippen LogP contribution in [0.3, 0.4) is 0 Å². The molecule has 2 atom stereocenters. The smallest absolute Gasteiger partial charge is 0.416 e. The minimum absolute atomic E-state index is 0.0599. The third-order valence-electron chi connectivity index (χ3n) is 6.25. The number of carboxylic acids is 1. The molecule has 33 heavy (non-hydrogen) atoms. The molecule has 1 saturated heterocycles. The van der Waals surface area contributed by atoms with Crippen molar-refractivity contribution in [2.24, 2.45) is 5.73 Å². The number of rotatable bonds is 8. The van der Waals surface area contributed by atoms with Crippen molar-refractivity contribution in [3.63, 3.8) is 0 Å². The standard InChI is InChI=1S/C23H28F3N2O4P/c24-23(25,26)19-9-7-17(8-10-19)20-6-2-1-5-18(20)15-28-13-14-33(31,32)22(16-28,21(29)30)11-3-4-12-27/h1-2,5-10H,3-4,11-16,27H2,(H,29,30)(H,31,32). The Hall–Kier alpha value is -2.19. The van der Waals surface area contributed by atoms with Gasteiger partial charge in [0.15, 0.2) is 5.16 Å². The van der Waals surface area contributed by atoms with Gasteiger partial charge in [-0.25, -0.2) is 0 Å². The van der Waals surface area contributed by atoms with Crippen LogP contribution in [0.2, 0.25) is 0 Å². The van der Waals surface area contributed by atoms with Crippen molar-refractivity contribution in [2.45, 2.75) is 37.1 Å². The van der Waals surface area contributed by atoms with Crippen molar-refractivity contribution in [2.75, 3.05) is 25.8 Å². The van der Waals surface area contributed by atoms with Gasteiger partial charge in [-0.3, -0.25) is 14.3 Å². The largest absolute Gasteiger partial charge is 0.480 e. The van der Waals surface area contributed by atoms with Gasteiger partial charge in [0.2, 0.25) is 7.37 Å². The van der Waals surface area contributed by atoms with Crippen LogP contribution in [0.25, 0.3) is 11.1 Å². The number of hydrogen-bond acceptors (Lipinski definition) is 4. The first-order valence-electron chi connectivity index (χ1n) is 10.7. The fourth-order valence-corrected chi connectivity index (χ4v) is 6.55. The van der Waals surface area contributed by atoms with Gasteiger partial charge in [0, 0.05) is 25.8 Å². The van der Waals surface area contributed by atoms with Gasteiger partial charge < -0.3 is 15.7 Å². The molecule has 10 heteroatoms. The SMILES string of the molecule is NCCCCC1(C(=O)O)CN(Cc2ccccc2-c2ccc(C(F)(F)F)cc2)CCP1(=O)O. The van der Waals surface area contributed by atoms with E-state index in [1.807, 2.05) is 11.0 Å². The summed E-state index contributed by atoms with van der Waals surface area (Å²) in [7, 11) is -3.95. The number of carboxylic acid groups (broad SMARTS) is 1. The molecule has 1 fully saturated rings. The maximum absolute atomic E-state index is 12.9. The summed E-state index contributed by atoms with van der Waals surface area (Å²) in [5.41, 5.74) is 6.92. The summed E-state index contributed by atoms with van der Waals surface area (Å²) in [6.07, 6.45) is -3.50. The van der Waals surface area contributed by atoms with Gasteiger partial charge in [-0.05, 0) is 48.2 Å². The molecule has 4 N–H and O–H groups in total. The minimum Gasteiger partial charge on any atom is -0.480 e. The summed E-state index contributed by atoms with van der Waals surface area (Å²) in [4.78, 5) is 24.6. The van der Waals surface area contributed by atoms with Crippen LogP contribution in [0.15, 0.2) is 48.5 Å². The van der Waals surface area contributed by atoms with E-state index in [2.05, 4.69) is 0 Å². The maximum Gasteiger partial charge on any atom is 0.416 e. The highest BCUT2D eigenvalue weighted by Gasteiger charge is 2.56. The summed E-state index contributed by atoms with van der Waals surface area (Å²) in [5.74, 6) is -1.29. The van der Waals surface area contributed by atoms with E-state index in [0.717, 1.165) is 23.3 Å². The van der Waals surface area contributed by atoms with Crippen molar-refractivity contribution < 1.29 is 32.5 Å². The summed E-state index contributed by atoms with van der Waals surface area (Å²) in [6, 6.07) is 12.1. The number of nitrogens with zero attached hydrogens (tertiary/aromatic N) is 1. The first-order valence-corrected chi connectivity index (χ1v) is 12.6. The van der Waals surface area contributed by atoms with Gasteiger partial charge in [-0.2, -0.15) is 13.2 Å². The third-order valence-corrected chi connectivity index (χ3v) is 8.95. The molecule has 1 aliphatic heterocycles. The summed E-state index contributed by atoms with van der Waals surface area (Å²) in [5, 5.41) is 8.19. The molecule has 3 rings (SSSR count). The van der Waals surface area contributed by atoms with Gasteiger partial charge in [0.05, 0.1) is 5.56 Å². The zero-order valence-electron chi connectivity index (χ0n) is 18.1. The second kappa shape index (κ2) is 9.97. The molecule has 0 saturated carbocycles. The second-order valence-electron chi connectivity index (χ2n) is 8.45. The molecule has 2 unspecified atom stereocenters. The Kier molecular flexibility index (Phi) is 7.69. The number of alkyl halides is 3. The van der Waals surface area contributed by atoms with Crippen LogP contribution in [0.5, 0.6) is 0 Å². The summed E-state index contributed by atoms with van der Waals surface area (Å²) >= 11 is 0. The Balaban J connectivity index is 1.87. The van der Waals surface area contributed by atoms with Crippen LogP contribution in [0.4, 0.5) is 13.2 Å². The molecule has 1 heterocycles. The topological polar surface area (TPSA) is 104 Å². The van der Waals surface area contributed by atoms with Crippen LogP contribution in [-0.2, 0) is 22.1 Å². The molecule has 0 spiro atoms. The number of aliphatic carboxylic acids is 1. The molecule has 2 aromatic rings. The Morgan fingerprint density at radius 2 is 1.79 bits per heavy atom. The quantitative estimate of drug-likeness (QED) is 0.379. The first-order chi connectivity index (χ1) is 15.5. The average Bonchev–Trinajstić information content (AvgIpc) is 2.76. The molecule has 0 bridgehead atoms. The fraction of sp³-hybridized carbons (Fsp3) is 0.435. The highest BCUT2D eigenvalue weighted by atomic mass is 31.2. The van der Waals surface area contributed by atoms with Crippen LogP contribution in [0.1, 0.15) is 30.4 Å². The predicted molar refractivity (Wildman–Crippen MR) is 120 cm³/mol. The first kappa shape index (κ1) is 25.4. The van der Waals surface area contributed by atoms with E-state index in [-0.39, 0.29) is 25.7 Å². The number of benzene rings is 2. The monoisotopic (exact) mass is 484 g/mol. The highest BCUT2D eigenvalue weighted by molar-refractivity contribution is 7.61. The Labute approximate surface area is 190 Å². The van der Waals surface area contributed by atoms with Crippen molar-refractivity contribution in [3.05, 3.63) is 59.7 Å². The molecule has 0 aromatic heterocycles. The van der Waals surface area contributed by atoms with Crippen LogP contribution >= 0.6 is 7.37 Å². The zero-order valence-corrected chi connectivity index (χ0v) is 19.0. The average molecular weight is 484 g/mol. The van der Waals surface area contributed by atoms with E-state index < -0.39 is 30.2 Å². The van der Waals surface area contributed by atoms with Gasteiger partial charge in [-0.1, -0.05) is 42.8 Å². The second-order valence-corrected chi connectivity index (χ2v) is 11.2. The lowest BCUT2D eigenvalue weighted by Crippen LogP contribution is -2.53. The fourth-order valence-electron chi connectivity index (χ4n) is 4.34. The lowest BCUT2D eigenvalue weighted by Gasteiger charge is -2.43. The number of unbranched alkanes of at least 4 members (excludes halogenated alkanes) is 1. The van der Waals surface area contributed by atoms with Crippen LogP contribution in [0, 0.1) is 0 Å². The van der Waals surface area contributed by atoms with E-state index in [0.29, 0.717) is 31.5 Å². The molecular formula is C23H28F3N2O4P. The molecule has 0 amide bonds. The number of nitrogens with two attached hydrogens (primary N) is 1. The van der Waals surface area contributed by atoms with Crippen LogP contribution in [-0.4, -0.2) is 51.8 Å². The molecule has 0 aliphatic carbocycles. The number of carbonyl (C=O) groups is 1. The van der Waals surface area contributed by atoms with E-state index in [1.165, 1.54) is 12.1 Å². The molecule has 6 nitrogen and oxygen atoms in total. The Morgan fingerprint density at radius 1 is 1.12 bits per heavy atom. The highest BCUT2D eigenvalue weighted by Crippen LogP contribution is 2.59.